The average molecular weight is 383 g/mol. The van der Waals surface area contributed by atoms with E-state index in [2.05, 4.69) is 5.32 Å². The lowest BCUT2D eigenvalue weighted by Crippen LogP contribution is -2.42. The maximum Gasteiger partial charge on any atom is 0.227 e. The van der Waals surface area contributed by atoms with Crippen molar-refractivity contribution in [1.29, 1.82) is 0 Å². The standard InChI is InChI=1S/C22H23ClN2O2/c23-17-6-4-5-16(13-17)19-14-20(19)22(27)25-11-9-15(10-12-25)21(26)24-18-7-2-1-3-8-18/h1-8,13,15,19-20H,9-12,14H2,(H,24,26). The molecule has 1 aliphatic carbocycles. The molecule has 2 aliphatic rings. The third-order valence-corrected chi connectivity index (χ3v) is 5.84. The smallest absolute Gasteiger partial charge is 0.227 e. The molecule has 1 N–H and O–H groups in total. The summed E-state index contributed by atoms with van der Waals surface area (Å²) in [6.07, 6.45) is 2.34. The van der Waals surface area contributed by atoms with Crippen LogP contribution in [0.25, 0.3) is 0 Å². The molecule has 0 bridgehead atoms. The van der Waals surface area contributed by atoms with Crippen molar-refractivity contribution in [3.63, 3.8) is 0 Å². The molecule has 2 aromatic carbocycles. The molecule has 0 aromatic heterocycles. The van der Waals surface area contributed by atoms with Crippen molar-refractivity contribution in [2.24, 2.45) is 11.8 Å². The highest BCUT2D eigenvalue weighted by Gasteiger charge is 2.46. The number of carbonyl (C=O) groups is 2. The fourth-order valence-corrected chi connectivity index (χ4v) is 4.13. The number of rotatable bonds is 4. The van der Waals surface area contributed by atoms with Crippen molar-refractivity contribution in [1.82, 2.24) is 4.90 Å². The number of carbonyl (C=O) groups excluding carboxylic acids is 2. The topological polar surface area (TPSA) is 49.4 Å². The van der Waals surface area contributed by atoms with Crippen molar-refractivity contribution in [3.8, 4) is 0 Å². The van der Waals surface area contributed by atoms with E-state index in [0.717, 1.165) is 35.5 Å². The van der Waals surface area contributed by atoms with Crippen LogP contribution in [0.3, 0.4) is 0 Å². The van der Waals surface area contributed by atoms with Crippen LogP contribution in [-0.2, 0) is 9.59 Å². The van der Waals surface area contributed by atoms with Crippen LogP contribution < -0.4 is 5.32 Å². The Bertz CT molecular complexity index is 831. The van der Waals surface area contributed by atoms with Gasteiger partial charge in [-0.25, -0.2) is 0 Å². The van der Waals surface area contributed by atoms with Gasteiger partial charge in [0.1, 0.15) is 0 Å². The Labute approximate surface area is 164 Å². The van der Waals surface area contributed by atoms with Gasteiger partial charge in [0.2, 0.25) is 11.8 Å². The van der Waals surface area contributed by atoms with Gasteiger partial charge in [-0.1, -0.05) is 41.9 Å². The molecule has 0 spiro atoms. The van der Waals surface area contributed by atoms with E-state index in [4.69, 9.17) is 11.6 Å². The molecule has 2 atom stereocenters. The Hall–Kier alpha value is -2.33. The number of amides is 2. The van der Waals surface area contributed by atoms with Crippen LogP contribution in [0.15, 0.2) is 54.6 Å². The van der Waals surface area contributed by atoms with Crippen molar-refractivity contribution < 1.29 is 9.59 Å². The number of anilines is 1. The SMILES string of the molecule is O=C(Nc1ccccc1)C1CCN(C(=O)C2CC2c2cccc(Cl)c2)CC1. The van der Waals surface area contributed by atoms with Crippen molar-refractivity contribution in [3.05, 3.63) is 65.2 Å². The van der Waals surface area contributed by atoms with Gasteiger partial charge in [-0.3, -0.25) is 9.59 Å². The minimum absolute atomic E-state index is 0.0304. The number of hydrogen-bond acceptors (Lipinski definition) is 2. The van der Waals surface area contributed by atoms with Crippen LogP contribution in [0.5, 0.6) is 0 Å². The Balaban J connectivity index is 1.28. The van der Waals surface area contributed by atoms with Gasteiger partial charge in [0.25, 0.3) is 0 Å². The van der Waals surface area contributed by atoms with Crippen LogP contribution in [0.1, 0.15) is 30.7 Å². The second kappa shape index (κ2) is 7.73. The molecular formula is C22H23ClN2O2. The molecule has 27 heavy (non-hydrogen) atoms. The van der Waals surface area contributed by atoms with Crippen LogP contribution in [0.2, 0.25) is 5.02 Å². The first-order valence-corrected chi connectivity index (χ1v) is 9.90. The fraction of sp³-hybridized carbons (Fsp3) is 0.364. The summed E-state index contributed by atoms with van der Waals surface area (Å²) in [6, 6.07) is 17.3. The lowest BCUT2D eigenvalue weighted by Gasteiger charge is -2.31. The number of para-hydroxylation sites is 1. The molecule has 1 aliphatic heterocycles. The van der Waals surface area contributed by atoms with Crippen LogP contribution >= 0.6 is 11.6 Å². The van der Waals surface area contributed by atoms with E-state index in [1.54, 1.807) is 0 Å². The largest absolute Gasteiger partial charge is 0.342 e. The number of nitrogens with zero attached hydrogens (tertiary/aromatic N) is 1. The van der Waals surface area contributed by atoms with E-state index in [1.807, 2.05) is 59.5 Å². The summed E-state index contributed by atoms with van der Waals surface area (Å²) >= 11 is 6.06. The van der Waals surface area contributed by atoms with E-state index in [0.29, 0.717) is 13.1 Å². The molecule has 5 heteroatoms. The number of halogens is 1. The Kier molecular flexibility index (Phi) is 5.17. The second-order valence-electron chi connectivity index (χ2n) is 7.46. The minimum atomic E-state index is -0.0304. The molecule has 0 radical (unpaired) electrons. The molecular weight excluding hydrogens is 360 g/mol. The third kappa shape index (κ3) is 4.16. The summed E-state index contributed by atoms with van der Waals surface area (Å²) < 4.78 is 0. The van der Waals surface area contributed by atoms with Crippen LogP contribution in [-0.4, -0.2) is 29.8 Å². The van der Waals surface area contributed by atoms with E-state index >= 15 is 0 Å². The number of piperidine rings is 1. The maximum absolute atomic E-state index is 12.8. The van der Waals surface area contributed by atoms with E-state index in [-0.39, 0.29) is 29.6 Å². The molecule has 4 nitrogen and oxygen atoms in total. The van der Waals surface area contributed by atoms with Crippen molar-refractivity contribution >= 4 is 29.1 Å². The third-order valence-electron chi connectivity index (χ3n) is 5.60. The number of benzene rings is 2. The van der Waals surface area contributed by atoms with Crippen molar-refractivity contribution in [2.75, 3.05) is 18.4 Å². The van der Waals surface area contributed by atoms with Gasteiger partial charge in [-0.15, -0.1) is 0 Å². The van der Waals surface area contributed by atoms with Crippen LogP contribution in [0, 0.1) is 11.8 Å². The summed E-state index contributed by atoms with van der Waals surface area (Å²) in [5, 5.41) is 3.69. The Morgan fingerprint density at radius 1 is 1.00 bits per heavy atom. The first kappa shape index (κ1) is 18.1. The first-order valence-electron chi connectivity index (χ1n) is 9.52. The van der Waals surface area contributed by atoms with E-state index in [1.165, 1.54) is 0 Å². The predicted molar refractivity (Wildman–Crippen MR) is 107 cm³/mol. The molecule has 1 saturated carbocycles. The van der Waals surface area contributed by atoms with Gasteiger partial charge in [0, 0.05) is 35.6 Å². The van der Waals surface area contributed by atoms with E-state index < -0.39 is 0 Å². The summed E-state index contributed by atoms with van der Waals surface area (Å²) in [7, 11) is 0. The molecule has 140 valence electrons. The monoisotopic (exact) mass is 382 g/mol. The number of nitrogens with one attached hydrogen (secondary N) is 1. The summed E-state index contributed by atoms with van der Waals surface area (Å²) in [6.45, 7) is 1.31. The maximum atomic E-state index is 12.8. The first-order chi connectivity index (χ1) is 13.1. The average Bonchev–Trinajstić information content (AvgIpc) is 3.49. The molecule has 2 amide bonds. The zero-order chi connectivity index (χ0) is 18.8. The summed E-state index contributed by atoms with van der Waals surface area (Å²) in [5.74, 6) is 0.601. The fourth-order valence-electron chi connectivity index (χ4n) is 3.94. The summed E-state index contributed by atoms with van der Waals surface area (Å²) in [4.78, 5) is 27.2. The number of hydrogen-bond donors (Lipinski definition) is 1. The lowest BCUT2D eigenvalue weighted by atomic mass is 9.95. The molecule has 4 rings (SSSR count). The highest BCUT2D eigenvalue weighted by Crippen LogP contribution is 2.49. The van der Waals surface area contributed by atoms with E-state index in [9.17, 15) is 9.59 Å². The van der Waals surface area contributed by atoms with Gasteiger partial charge < -0.3 is 10.2 Å². The zero-order valence-corrected chi connectivity index (χ0v) is 15.9. The molecule has 2 fully saturated rings. The highest BCUT2D eigenvalue weighted by atomic mass is 35.5. The minimum Gasteiger partial charge on any atom is -0.342 e. The lowest BCUT2D eigenvalue weighted by molar-refractivity contribution is -0.135. The van der Waals surface area contributed by atoms with Crippen molar-refractivity contribution in [2.45, 2.75) is 25.2 Å². The summed E-state index contributed by atoms with van der Waals surface area (Å²) in [5.41, 5.74) is 1.97. The zero-order valence-electron chi connectivity index (χ0n) is 15.1. The van der Waals surface area contributed by atoms with Gasteiger partial charge in [-0.05, 0) is 55.0 Å². The quantitative estimate of drug-likeness (QED) is 0.856. The van der Waals surface area contributed by atoms with Gasteiger partial charge in [0.05, 0.1) is 0 Å². The molecule has 1 heterocycles. The normalized spacial score (nSPS) is 22.3. The number of likely N-dealkylation sites (tertiary alicyclic amines) is 1. The van der Waals surface area contributed by atoms with Gasteiger partial charge in [-0.2, -0.15) is 0 Å². The van der Waals surface area contributed by atoms with Gasteiger partial charge in [0.15, 0.2) is 0 Å². The highest BCUT2D eigenvalue weighted by molar-refractivity contribution is 6.30. The second-order valence-corrected chi connectivity index (χ2v) is 7.89. The Morgan fingerprint density at radius 3 is 2.44 bits per heavy atom. The molecule has 2 aromatic rings. The Morgan fingerprint density at radius 2 is 1.74 bits per heavy atom. The molecule has 2 unspecified atom stereocenters. The molecule has 1 saturated heterocycles. The van der Waals surface area contributed by atoms with Gasteiger partial charge >= 0.3 is 0 Å². The predicted octanol–water partition coefficient (Wildman–Crippen LogP) is 4.32. The van der Waals surface area contributed by atoms with Crippen LogP contribution in [0.4, 0.5) is 5.69 Å².